The SMILES string of the molecule is CCOC(=O)C1=C2N=c3cc(Br)ccc3=C2C(C)(C)CN(C(=O)c2ccc(F)cc2)C1. The Kier molecular flexibility index (Phi) is 5.56. The number of rotatable bonds is 3. The fourth-order valence-electron chi connectivity index (χ4n) is 4.19. The lowest BCUT2D eigenvalue weighted by Crippen LogP contribution is -2.40. The molecule has 0 N–H and O–H groups in total. The van der Waals surface area contributed by atoms with Crippen molar-refractivity contribution in [2.75, 3.05) is 19.7 Å². The van der Waals surface area contributed by atoms with Crippen molar-refractivity contribution >= 4 is 33.4 Å². The summed E-state index contributed by atoms with van der Waals surface area (Å²) in [5, 5.41) is 1.73. The van der Waals surface area contributed by atoms with E-state index in [1.54, 1.807) is 11.8 Å². The number of carbonyl (C=O) groups is 2. The smallest absolute Gasteiger partial charge is 0.338 e. The molecule has 0 aromatic heterocycles. The van der Waals surface area contributed by atoms with E-state index in [-0.39, 0.29) is 19.1 Å². The molecule has 0 aliphatic carbocycles. The molecule has 2 aromatic rings. The first-order valence-electron chi connectivity index (χ1n) is 10.1. The number of allylic oxidation sites excluding steroid dienone is 1. The van der Waals surface area contributed by atoms with E-state index >= 15 is 0 Å². The summed E-state index contributed by atoms with van der Waals surface area (Å²) in [5.41, 5.74) is 1.73. The van der Waals surface area contributed by atoms with Gasteiger partial charge < -0.3 is 9.64 Å². The van der Waals surface area contributed by atoms with Crippen molar-refractivity contribution in [3.63, 3.8) is 0 Å². The Morgan fingerprint density at radius 2 is 1.90 bits per heavy atom. The topological polar surface area (TPSA) is 59.0 Å². The lowest BCUT2D eigenvalue weighted by molar-refractivity contribution is -0.138. The summed E-state index contributed by atoms with van der Waals surface area (Å²) >= 11 is 3.48. The fourth-order valence-corrected chi connectivity index (χ4v) is 4.54. The highest BCUT2D eigenvalue weighted by atomic mass is 79.9. The van der Waals surface area contributed by atoms with Crippen LogP contribution >= 0.6 is 15.9 Å². The molecule has 0 saturated carbocycles. The summed E-state index contributed by atoms with van der Waals surface area (Å²) in [6.07, 6.45) is 0. The van der Waals surface area contributed by atoms with Gasteiger partial charge in [-0.2, -0.15) is 0 Å². The van der Waals surface area contributed by atoms with Gasteiger partial charge in [-0.3, -0.25) is 4.79 Å². The number of carbonyl (C=O) groups excluding carboxylic acids is 2. The summed E-state index contributed by atoms with van der Waals surface area (Å²) < 4.78 is 19.6. The van der Waals surface area contributed by atoms with Gasteiger partial charge in [0.2, 0.25) is 0 Å². The van der Waals surface area contributed by atoms with Gasteiger partial charge >= 0.3 is 5.97 Å². The molecule has 0 radical (unpaired) electrons. The Balaban J connectivity index is 1.88. The number of hydrogen-bond donors (Lipinski definition) is 0. The van der Waals surface area contributed by atoms with E-state index in [9.17, 15) is 14.0 Å². The maximum atomic E-state index is 13.3. The van der Waals surface area contributed by atoms with E-state index in [0.717, 1.165) is 20.6 Å². The number of hydrogen-bond acceptors (Lipinski definition) is 4. The van der Waals surface area contributed by atoms with Gasteiger partial charge in [0.05, 0.1) is 29.8 Å². The monoisotopic (exact) mass is 484 g/mol. The maximum Gasteiger partial charge on any atom is 0.338 e. The number of esters is 1. The van der Waals surface area contributed by atoms with Crippen LogP contribution in [-0.4, -0.2) is 36.5 Å². The number of benzene rings is 2. The van der Waals surface area contributed by atoms with E-state index in [0.29, 0.717) is 23.4 Å². The van der Waals surface area contributed by atoms with Crippen LogP contribution in [0.15, 0.2) is 63.2 Å². The molecular weight excluding hydrogens is 463 g/mol. The third-order valence-electron chi connectivity index (χ3n) is 5.50. The van der Waals surface area contributed by atoms with Crippen molar-refractivity contribution in [2.45, 2.75) is 20.8 Å². The van der Waals surface area contributed by atoms with Gasteiger partial charge in [0.15, 0.2) is 0 Å². The van der Waals surface area contributed by atoms with Crippen LogP contribution in [0.3, 0.4) is 0 Å². The molecule has 4 rings (SSSR count). The van der Waals surface area contributed by atoms with Crippen molar-refractivity contribution in [3.05, 3.63) is 80.2 Å². The first kappa shape index (κ1) is 21.4. The molecular formula is C24H22BrFN2O3. The molecule has 2 aliphatic rings. The van der Waals surface area contributed by atoms with Gasteiger partial charge in [-0.15, -0.1) is 0 Å². The molecule has 31 heavy (non-hydrogen) atoms. The largest absolute Gasteiger partial charge is 0.463 e. The highest BCUT2D eigenvalue weighted by Crippen LogP contribution is 2.40. The number of ether oxygens (including phenoxy) is 1. The Morgan fingerprint density at radius 1 is 1.19 bits per heavy atom. The second kappa shape index (κ2) is 8.04. The average molecular weight is 485 g/mol. The quantitative estimate of drug-likeness (QED) is 0.627. The number of amides is 1. The van der Waals surface area contributed by atoms with Crippen LogP contribution in [0.25, 0.3) is 5.57 Å². The number of halogens is 2. The van der Waals surface area contributed by atoms with Gasteiger partial charge in [0.25, 0.3) is 5.91 Å². The van der Waals surface area contributed by atoms with Crippen LogP contribution in [0.4, 0.5) is 4.39 Å². The molecule has 0 saturated heterocycles. The van der Waals surface area contributed by atoms with E-state index in [1.165, 1.54) is 24.3 Å². The van der Waals surface area contributed by atoms with E-state index in [1.807, 2.05) is 32.0 Å². The molecule has 160 valence electrons. The van der Waals surface area contributed by atoms with Gasteiger partial charge in [-0.1, -0.05) is 35.8 Å². The van der Waals surface area contributed by atoms with Crippen molar-refractivity contribution in [3.8, 4) is 0 Å². The normalized spacial score (nSPS) is 16.9. The molecule has 2 heterocycles. The van der Waals surface area contributed by atoms with Crippen molar-refractivity contribution in [1.82, 2.24) is 4.90 Å². The highest BCUT2D eigenvalue weighted by Gasteiger charge is 2.40. The standard InChI is InChI=1S/C24H22BrFN2O3/c1-4-31-23(30)18-12-28(22(29)14-5-8-16(26)9-6-14)13-24(2,3)20-17-10-7-15(25)11-19(17)27-21(18)20/h5-11H,4,12-13H2,1-3H3. The Bertz CT molecular complexity index is 1230. The molecule has 0 fully saturated rings. The predicted octanol–water partition coefficient (Wildman–Crippen LogP) is 3.37. The van der Waals surface area contributed by atoms with Crippen LogP contribution in [0.5, 0.6) is 0 Å². The van der Waals surface area contributed by atoms with Crippen molar-refractivity contribution < 1.29 is 18.7 Å². The first-order chi connectivity index (χ1) is 14.7. The molecule has 0 unspecified atom stereocenters. The lowest BCUT2D eigenvalue weighted by atomic mass is 9.81. The molecule has 2 aliphatic heterocycles. The molecule has 7 heteroatoms. The zero-order valence-electron chi connectivity index (χ0n) is 17.5. The minimum Gasteiger partial charge on any atom is -0.463 e. The van der Waals surface area contributed by atoms with Crippen LogP contribution < -0.4 is 10.6 Å². The third kappa shape index (κ3) is 3.94. The number of nitrogens with zero attached hydrogens (tertiary/aromatic N) is 2. The fraction of sp³-hybridized carbons (Fsp3) is 0.292. The zero-order chi connectivity index (χ0) is 22.3. The van der Waals surface area contributed by atoms with Crippen molar-refractivity contribution in [2.24, 2.45) is 10.4 Å². The summed E-state index contributed by atoms with van der Waals surface area (Å²) in [4.78, 5) is 32.6. The van der Waals surface area contributed by atoms with Crippen LogP contribution in [-0.2, 0) is 9.53 Å². The van der Waals surface area contributed by atoms with E-state index < -0.39 is 17.2 Å². The highest BCUT2D eigenvalue weighted by molar-refractivity contribution is 9.10. The molecule has 5 nitrogen and oxygen atoms in total. The summed E-state index contributed by atoms with van der Waals surface area (Å²) in [7, 11) is 0. The lowest BCUT2D eigenvalue weighted by Gasteiger charge is -2.31. The number of fused-ring (bicyclic) bond motifs is 2. The minimum absolute atomic E-state index is 0.0654. The Hall–Kier alpha value is -2.80. The van der Waals surface area contributed by atoms with Gasteiger partial charge in [0, 0.05) is 27.2 Å². The molecule has 2 aromatic carbocycles. The molecule has 0 bridgehead atoms. The second-order valence-corrected chi connectivity index (χ2v) is 9.16. The maximum absolute atomic E-state index is 13.3. The molecule has 0 atom stereocenters. The van der Waals surface area contributed by atoms with Gasteiger partial charge in [-0.05, 0) is 48.9 Å². The van der Waals surface area contributed by atoms with Gasteiger partial charge in [-0.25, -0.2) is 14.2 Å². The third-order valence-corrected chi connectivity index (χ3v) is 5.99. The average Bonchev–Trinajstić information content (AvgIpc) is 3.04. The van der Waals surface area contributed by atoms with Crippen LogP contribution in [0.2, 0.25) is 0 Å². The van der Waals surface area contributed by atoms with Crippen molar-refractivity contribution in [1.29, 1.82) is 0 Å². The molecule has 1 amide bonds. The van der Waals surface area contributed by atoms with Crippen LogP contribution in [0, 0.1) is 11.2 Å². The predicted molar refractivity (Wildman–Crippen MR) is 118 cm³/mol. The minimum atomic E-state index is -0.486. The van der Waals surface area contributed by atoms with Gasteiger partial charge in [0.1, 0.15) is 5.82 Å². The molecule has 0 spiro atoms. The zero-order valence-corrected chi connectivity index (χ0v) is 19.1. The summed E-state index contributed by atoms with van der Waals surface area (Å²) in [6.45, 7) is 6.47. The Morgan fingerprint density at radius 3 is 2.58 bits per heavy atom. The van der Waals surface area contributed by atoms with E-state index in [2.05, 4.69) is 15.9 Å². The Labute approximate surface area is 188 Å². The summed E-state index contributed by atoms with van der Waals surface area (Å²) in [5.74, 6) is -1.17. The van der Waals surface area contributed by atoms with Crippen LogP contribution in [0.1, 0.15) is 31.1 Å². The summed E-state index contributed by atoms with van der Waals surface area (Å²) in [6, 6.07) is 11.3. The first-order valence-corrected chi connectivity index (χ1v) is 10.8. The second-order valence-electron chi connectivity index (χ2n) is 8.25. The van der Waals surface area contributed by atoms with E-state index in [4.69, 9.17) is 9.73 Å².